The molecule has 2 aromatic carbocycles. The smallest absolute Gasteiger partial charge is 0.171 e. The first-order valence-electron chi connectivity index (χ1n) is 19.3. The van der Waals surface area contributed by atoms with Crippen LogP contribution in [-0.2, 0) is 30.7 Å². The third kappa shape index (κ3) is 8.12. The van der Waals surface area contributed by atoms with Crippen LogP contribution in [0.1, 0.15) is 125 Å². The van der Waals surface area contributed by atoms with E-state index in [1.807, 2.05) is 30.3 Å². The first-order valence-corrected chi connectivity index (χ1v) is 21.1. The van der Waals surface area contributed by atoms with Gasteiger partial charge in [-0.2, -0.15) is 59.2 Å². The van der Waals surface area contributed by atoms with E-state index in [0.717, 1.165) is 6.42 Å². The van der Waals surface area contributed by atoms with Crippen molar-refractivity contribution in [3.05, 3.63) is 138 Å². The summed E-state index contributed by atoms with van der Waals surface area (Å²) in [6.07, 6.45) is 23.5. The molecule has 6 aliphatic rings. The van der Waals surface area contributed by atoms with Gasteiger partial charge in [0, 0.05) is 0 Å². The van der Waals surface area contributed by atoms with Gasteiger partial charge in [-0.05, 0) is 40.6 Å². The maximum absolute atomic E-state index is 3.37. The Kier molecular flexibility index (Phi) is 16.6. The summed E-state index contributed by atoms with van der Waals surface area (Å²) in [5, 5.41) is 0. The van der Waals surface area contributed by atoms with E-state index in [2.05, 4.69) is 134 Å². The molecule has 0 radical (unpaired) electrons. The van der Waals surface area contributed by atoms with Gasteiger partial charge in [-0.25, -0.2) is 12.0 Å². The van der Waals surface area contributed by atoms with Crippen LogP contribution in [0.3, 0.4) is 0 Å². The molecule has 8 rings (SSSR count). The van der Waals surface area contributed by atoms with Crippen molar-refractivity contribution in [2.75, 3.05) is 0 Å². The predicted octanol–water partition coefficient (Wildman–Crippen LogP) is 14.6. The SMILES string of the molecule is CC1[C-]=CC(C2(C)CCCCC2)=C1.C[C-]1C2=C3Cc4ccccc4C3=C3C=CCCC3C2(C)C(C)(C)C(C)(C)C1(C)C.Cl.Cl.[CH2]=[Zr].[CH3-].[c-]1ccccc1. The van der Waals surface area contributed by atoms with Crippen LogP contribution < -0.4 is 0 Å². The Morgan fingerprint density at radius 1 is 0.830 bits per heavy atom. The Morgan fingerprint density at radius 3 is 2.00 bits per heavy atom. The van der Waals surface area contributed by atoms with Crippen molar-refractivity contribution in [1.29, 1.82) is 0 Å². The molecule has 0 saturated heterocycles. The second-order valence-electron chi connectivity index (χ2n) is 17.7. The summed E-state index contributed by atoms with van der Waals surface area (Å²) in [6, 6.07) is 21.7. The Labute approximate surface area is 353 Å². The summed E-state index contributed by atoms with van der Waals surface area (Å²) in [6.45, 7) is 24.9. The van der Waals surface area contributed by atoms with E-state index in [9.17, 15) is 0 Å². The molecule has 2 aromatic rings. The summed E-state index contributed by atoms with van der Waals surface area (Å²) >= 11 is 1.30. The van der Waals surface area contributed by atoms with Crippen LogP contribution in [0.15, 0.2) is 101 Å². The number of rotatable bonds is 1. The molecule has 3 atom stereocenters. The van der Waals surface area contributed by atoms with Gasteiger partial charge in [0.25, 0.3) is 0 Å². The van der Waals surface area contributed by atoms with Crippen molar-refractivity contribution in [3.8, 4) is 0 Å². The maximum Gasteiger partial charge on any atom is -0.171 e. The molecule has 0 aliphatic heterocycles. The van der Waals surface area contributed by atoms with Crippen molar-refractivity contribution in [3.63, 3.8) is 0 Å². The average molecular weight is 831 g/mol. The zero-order valence-corrected chi connectivity index (χ0v) is 38.9. The monoisotopic (exact) mass is 828 g/mol. The van der Waals surface area contributed by atoms with Gasteiger partial charge in [0.05, 0.1) is 0 Å². The van der Waals surface area contributed by atoms with Crippen LogP contribution in [-0.4, -0.2) is 4.21 Å². The Balaban J connectivity index is 0.000000337. The largest absolute Gasteiger partial charge is 0.358 e. The second-order valence-corrected chi connectivity index (χ2v) is 17.7. The predicted molar refractivity (Wildman–Crippen MR) is 234 cm³/mol. The van der Waals surface area contributed by atoms with Crippen LogP contribution in [0.25, 0.3) is 5.57 Å². The quantitative estimate of drug-likeness (QED) is 0.251. The molecule has 0 nitrogen and oxygen atoms in total. The van der Waals surface area contributed by atoms with Crippen molar-refractivity contribution in [2.24, 2.45) is 38.9 Å². The molecule has 0 heterocycles. The third-order valence-electron chi connectivity index (χ3n) is 15.0. The van der Waals surface area contributed by atoms with Gasteiger partial charge in [0.1, 0.15) is 0 Å². The van der Waals surface area contributed by atoms with E-state index in [1.165, 1.54) is 80.3 Å². The molecule has 0 spiro atoms. The fraction of sp³-hybridized carbons (Fsp3) is 0.500. The standard InChI is InChI=1S/C29H37.C13H19.C6H5.CH3.CH2.2ClH.Zr/c1-18-25-22-17-19-13-9-10-14-20(19)24(22)21-15-11-12-16-23(21)29(25,8)28(6,7)27(4,5)26(18,2)3;1-11-6-7-12(10-11)13(2)8-4-3-5-9-13;1-2-4-6-5-3-1;;;;;/h9-11,13-15,23H,12,16-17H2,1-8H3;7,10-11H,3-5,8-9H2,1-2H3;1-5H;1H3;1H2;2*1H;/q4*-1;;;;. The minimum absolute atomic E-state index is 0. The number of hydrogen-bond acceptors (Lipinski definition) is 0. The number of benzene rings is 2. The molecule has 53 heavy (non-hydrogen) atoms. The molecule has 0 N–H and O–H groups in total. The number of allylic oxidation sites excluding steroid dienone is 10. The van der Waals surface area contributed by atoms with Crippen LogP contribution in [0.5, 0.6) is 0 Å². The molecule has 290 valence electrons. The van der Waals surface area contributed by atoms with Gasteiger partial charge in [-0.3, -0.25) is 6.08 Å². The van der Waals surface area contributed by atoms with Gasteiger partial charge in [0.15, 0.2) is 0 Å². The second kappa shape index (κ2) is 18.5. The Bertz CT molecular complexity index is 1650. The van der Waals surface area contributed by atoms with Crippen molar-refractivity contribution < 1.29 is 24.2 Å². The van der Waals surface area contributed by atoms with Crippen LogP contribution in [0, 0.1) is 64.4 Å². The minimum Gasteiger partial charge on any atom is -0.358 e. The van der Waals surface area contributed by atoms with Crippen LogP contribution in [0.2, 0.25) is 0 Å². The average Bonchev–Trinajstić information content (AvgIpc) is 3.74. The van der Waals surface area contributed by atoms with Gasteiger partial charge in [0.2, 0.25) is 0 Å². The Morgan fingerprint density at radius 2 is 1.45 bits per heavy atom. The minimum atomic E-state index is 0. The first-order chi connectivity index (χ1) is 23.7. The molecular formula is C50H68Cl2Zr-4. The molecule has 3 unspecified atom stereocenters. The normalized spacial score (nSPS) is 27.0. The third-order valence-corrected chi connectivity index (χ3v) is 15.0. The molecule has 2 saturated carbocycles. The summed E-state index contributed by atoms with van der Waals surface area (Å²) in [4.78, 5) is 0. The van der Waals surface area contributed by atoms with Crippen molar-refractivity contribution in [2.45, 2.75) is 121 Å². The van der Waals surface area contributed by atoms with Gasteiger partial charge in [-0.15, -0.1) is 31.7 Å². The van der Waals surface area contributed by atoms with Crippen molar-refractivity contribution in [1.82, 2.24) is 0 Å². The number of hydrogen-bond donors (Lipinski definition) is 0. The van der Waals surface area contributed by atoms with E-state index < -0.39 is 0 Å². The van der Waals surface area contributed by atoms with Gasteiger partial charge < -0.3 is 7.43 Å². The summed E-state index contributed by atoms with van der Waals surface area (Å²) in [5.74, 6) is 2.79. The molecule has 3 heteroatoms. The molecule has 2 fully saturated rings. The summed E-state index contributed by atoms with van der Waals surface area (Å²) < 4.78 is 3.34. The topological polar surface area (TPSA) is 0 Å². The molecule has 0 aromatic heterocycles. The van der Waals surface area contributed by atoms with E-state index in [4.69, 9.17) is 0 Å². The van der Waals surface area contributed by atoms with Crippen molar-refractivity contribution >= 4 is 34.6 Å². The first kappa shape index (κ1) is 47.5. The number of fused-ring (bicyclic) bond motifs is 6. The van der Waals surface area contributed by atoms with Crippen LogP contribution in [0.4, 0.5) is 0 Å². The zero-order valence-electron chi connectivity index (χ0n) is 34.8. The molecule has 0 bridgehead atoms. The zero-order chi connectivity index (χ0) is 36.5. The van der Waals surface area contributed by atoms with Crippen LogP contribution >= 0.6 is 24.8 Å². The van der Waals surface area contributed by atoms with E-state index in [0.29, 0.717) is 17.3 Å². The molecule has 6 aliphatic carbocycles. The Hall–Kier alpha value is -1.66. The fourth-order valence-electron chi connectivity index (χ4n) is 10.5. The summed E-state index contributed by atoms with van der Waals surface area (Å²) in [7, 11) is 0. The van der Waals surface area contributed by atoms with Gasteiger partial charge >= 0.3 is 28.4 Å². The van der Waals surface area contributed by atoms with E-state index >= 15 is 0 Å². The maximum atomic E-state index is 3.37. The number of halogens is 2. The fourth-order valence-corrected chi connectivity index (χ4v) is 10.5. The molecular weight excluding hydrogens is 763 g/mol. The van der Waals surface area contributed by atoms with E-state index in [1.54, 1.807) is 33.8 Å². The molecule has 0 amide bonds. The van der Waals surface area contributed by atoms with Gasteiger partial charge in [-0.1, -0.05) is 171 Å². The van der Waals surface area contributed by atoms with E-state index in [-0.39, 0.29) is 53.9 Å². The summed E-state index contributed by atoms with van der Waals surface area (Å²) in [5.41, 5.74) is 12.3.